The van der Waals surface area contributed by atoms with E-state index < -0.39 is 5.97 Å². The first-order valence-electron chi connectivity index (χ1n) is 9.48. The van der Waals surface area contributed by atoms with Crippen molar-refractivity contribution in [2.75, 3.05) is 0 Å². The van der Waals surface area contributed by atoms with Gasteiger partial charge in [-0.3, -0.25) is 0 Å². The lowest BCUT2D eigenvalue weighted by atomic mass is 10.0. The smallest absolute Gasteiger partial charge is 0.335 e. The summed E-state index contributed by atoms with van der Waals surface area (Å²) in [6, 6.07) is 5.35. The number of carboxylic acids is 1. The molecule has 0 aliphatic carbocycles. The molecule has 2 aromatic rings. The van der Waals surface area contributed by atoms with Gasteiger partial charge in [0.2, 0.25) is 0 Å². The molecular formula is C21H31NO2. The zero-order valence-corrected chi connectivity index (χ0v) is 15.2. The highest BCUT2D eigenvalue weighted by Gasteiger charge is 2.10. The fourth-order valence-corrected chi connectivity index (χ4v) is 3.39. The van der Waals surface area contributed by atoms with E-state index in [0.29, 0.717) is 5.56 Å². The lowest BCUT2D eigenvalue weighted by molar-refractivity contribution is 0.0697. The van der Waals surface area contributed by atoms with Crippen molar-refractivity contribution >= 4 is 16.9 Å². The largest absolute Gasteiger partial charge is 0.478 e. The highest BCUT2D eigenvalue weighted by Crippen LogP contribution is 2.24. The van der Waals surface area contributed by atoms with Gasteiger partial charge in [-0.15, -0.1) is 0 Å². The summed E-state index contributed by atoms with van der Waals surface area (Å²) in [4.78, 5) is 14.5. The van der Waals surface area contributed by atoms with Crippen LogP contribution in [0.15, 0.2) is 18.2 Å². The number of H-pyrrole nitrogens is 1. The number of unbranched alkanes of at least 4 members (excludes halogenated alkanes) is 8. The molecule has 1 heterocycles. The standard InChI is InChI=1S/C21H31NO2/c1-3-4-5-6-7-8-9-10-11-12-19-16(2)18-14-13-17(21(23)24)15-20(18)22-19/h13-15,22H,3-12H2,1-2H3,(H,23,24). The van der Waals surface area contributed by atoms with Gasteiger partial charge in [-0.05, 0) is 37.5 Å². The molecule has 0 fully saturated rings. The second kappa shape index (κ2) is 9.51. The van der Waals surface area contributed by atoms with Crippen LogP contribution in [0.2, 0.25) is 0 Å². The second-order valence-corrected chi connectivity index (χ2v) is 6.87. The Kier molecular flexibility index (Phi) is 7.36. The Morgan fingerprint density at radius 1 is 1.00 bits per heavy atom. The Labute approximate surface area is 145 Å². The fraction of sp³-hybridized carbons (Fsp3) is 0.571. The molecule has 0 bridgehead atoms. The molecule has 1 aromatic heterocycles. The van der Waals surface area contributed by atoms with E-state index in [0.717, 1.165) is 17.3 Å². The normalized spacial score (nSPS) is 11.2. The van der Waals surface area contributed by atoms with Crippen LogP contribution >= 0.6 is 0 Å². The number of nitrogens with one attached hydrogen (secondary N) is 1. The van der Waals surface area contributed by atoms with Crippen molar-refractivity contribution in [2.45, 2.75) is 78.1 Å². The molecule has 0 saturated carbocycles. The highest BCUT2D eigenvalue weighted by molar-refractivity contribution is 5.94. The number of benzene rings is 1. The van der Waals surface area contributed by atoms with Crippen LogP contribution in [0, 0.1) is 6.92 Å². The van der Waals surface area contributed by atoms with E-state index in [1.807, 2.05) is 6.07 Å². The third-order valence-corrected chi connectivity index (χ3v) is 4.94. The number of aryl methyl sites for hydroxylation is 2. The predicted octanol–water partition coefficient (Wildman–Crippen LogP) is 6.25. The molecule has 2 rings (SSSR count). The number of hydrogen-bond acceptors (Lipinski definition) is 1. The molecule has 0 aliphatic rings. The van der Waals surface area contributed by atoms with E-state index in [2.05, 4.69) is 18.8 Å². The van der Waals surface area contributed by atoms with Crippen LogP contribution in [0.4, 0.5) is 0 Å². The monoisotopic (exact) mass is 329 g/mol. The minimum atomic E-state index is -0.871. The SMILES string of the molecule is CCCCCCCCCCCc1[nH]c2cc(C(=O)O)ccc2c1C. The van der Waals surface area contributed by atoms with Crippen molar-refractivity contribution in [1.82, 2.24) is 4.98 Å². The number of aromatic carboxylic acids is 1. The summed E-state index contributed by atoms with van der Waals surface area (Å²) >= 11 is 0. The van der Waals surface area contributed by atoms with Crippen molar-refractivity contribution < 1.29 is 9.90 Å². The van der Waals surface area contributed by atoms with Gasteiger partial charge >= 0.3 is 5.97 Å². The molecule has 132 valence electrons. The lowest BCUT2D eigenvalue weighted by Crippen LogP contribution is -1.94. The van der Waals surface area contributed by atoms with E-state index in [1.54, 1.807) is 12.1 Å². The number of carboxylic acid groups (broad SMARTS) is 1. The third kappa shape index (κ3) is 5.12. The molecular weight excluding hydrogens is 298 g/mol. The first-order valence-corrected chi connectivity index (χ1v) is 9.48. The third-order valence-electron chi connectivity index (χ3n) is 4.94. The number of carbonyl (C=O) groups is 1. The highest BCUT2D eigenvalue weighted by atomic mass is 16.4. The average molecular weight is 329 g/mol. The minimum Gasteiger partial charge on any atom is -0.478 e. The number of fused-ring (bicyclic) bond motifs is 1. The van der Waals surface area contributed by atoms with E-state index in [9.17, 15) is 4.79 Å². The van der Waals surface area contributed by atoms with E-state index in [1.165, 1.54) is 69.0 Å². The Bertz CT molecular complexity index is 657. The van der Waals surface area contributed by atoms with Gasteiger partial charge in [-0.25, -0.2) is 4.79 Å². The summed E-state index contributed by atoms with van der Waals surface area (Å²) in [5.74, 6) is -0.871. The molecule has 0 unspecified atom stereocenters. The molecule has 0 radical (unpaired) electrons. The van der Waals surface area contributed by atoms with Gasteiger partial charge in [0.25, 0.3) is 0 Å². The van der Waals surface area contributed by atoms with E-state index >= 15 is 0 Å². The number of hydrogen-bond donors (Lipinski definition) is 2. The van der Waals surface area contributed by atoms with Crippen molar-refractivity contribution in [2.24, 2.45) is 0 Å². The maximum atomic E-state index is 11.1. The number of aromatic nitrogens is 1. The lowest BCUT2D eigenvalue weighted by Gasteiger charge is -2.02. The fourth-order valence-electron chi connectivity index (χ4n) is 3.39. The molecule has 0 atom stereocenters. The zero-order chi connectivity index (χ0) is 17.4. The first kappa shape index (κ1) is 18.6. The Morgan fingerprint density at radius 2 is 1.62 bits per heavy atom. The van der Waals surface area contributed by atoms with Crippen LogP contribution in [0.5, 0.6) is 0 Å². The maximum absolute atomic E-state index is 11.1. The van der Waals surface area contributed by atoms with Gasteiger partial charge in [0.15, 0.2) is 0 Å². The Balaban J connectivity index is 1.77. The van der Waals surface area contributed by atoms with Gasteiger partial charge in [-0.2, -0.15) is 0 Å². The van der Waals surface area contributed by atoms with E-state index in [4.69, 9.17) is 5.11 Å². The minimum absolute atomic E-state index is 0.346. The molecule has 2 N–H and O–H groups in total. The second-order valence-electron chi connectivity index (χ2n) is 6.87. The average Bonchev–Trinajstić information content (AvgIpc) is 2.89. The van der Waals surface area contributed by atoms with Crippen molar-refractivity contribution in [1.29, 1.82) is 0 Å². The molecule has 24 heavy (non-hydrogen) atoms. The molecule has 3 nitrogen and oxygen atoms in total. The van der Waals surface area contributed by atoms with Gasteiger partial charge < -0.3 is 10.1 Å². The Morgan fingerprint density at radius 3 is 2.25 bits per heavy atom. The van der Waals surface area contributed by atoms with Crippen LogP contribution in [-0.2, 0) is 6.42 Å². The summed E-state index contributed by atoms with van der Waals surface area (Å²) < 4.78 is 0. The van der Waals surface area contributed by atoms with Gasteiger partial charge in [-0.1, -0.05) is 64.4 Å². The molecule has 3 heteroatoms. The van der Waals surface area contributed by atoms with Crippen LogP contribution in [0.3, 0.4) is 0 Å². The molecule has 0 aliphatic heterocycles. The van der Waals surface area contributed by atoms with E-state index in [-0.39, 0.29) is 0 Å². The maximum Gasteiger partial charge on any atom is 0.335 e. The predicted molar refractivity (Wildman–Crippen MR) is 101 cm³/mol. The van der Waals surface area contributed by atoms with Crippen LogP contribution in [0.25, 0.3) is 10.9 Å². The van der Waals surface area contributed by atoms with Crippen LogP contribution in [0.1, 0.15) is 86.3 Å². The topological polar surface area (TPSA) is 53.1 Å². The quantitative estimate of drug-likeness (QED) is 0.479. The van der Waals surface area contributed by atoms with Crippen LogP contribution in [-0.4, -0.2) is 16.1 Å². The molecule has 0 saturated heterocycles. The van der Waals surface area contributed by atoms with Gasteiger partial charge in [0, 0.05) is 16.6 Å². The summed E-state index contributed by atoms with van der Waals surface area (Å²) in [7, 11) is 0. The summed E-state index contributed by atoms with van der Waals surface area (Å²) in [6.45, 7) is 4.39. The van der Waals surface area contributed by atoms with Crippen molar-refractivity contribution in [3.05, 3.63) is 35.0 Å². The first-order chi connectivity index (χ1) is 11.6. The van der Waals surface area contributed by atoms with Crippen LogP contribution < -0.4 is 0 Å². The van der Waals surface area contributed by atoms with Gasteiger partial charge in [0.05, 0.1) is 5.56 Å². The summed E-state index contributed by atoms with van der Waals surface area (Å²) in [5.41, 5.74) is 3.81. The summed E-state index contributed by atoms with van der Waals surface area (Å²) in [6.07, 6.45) is 13.1. The Hall–Kier alpha value is -1.77. The van der Waals surface area contributed by atoms with Crippen molar-refractivity contribution in [3.8, 4) is 0 Å². The van der Waals surface area contributed by atoms with Gasteiger partial charge in [0.1, 0.15) is 0 Å². The molecule has 0 amide bonds. The summed E-state index contributed by atoms with van der Waals surface area (Å²) in [5, 5.41) is 10.2. The number of aromatic amines is 1. The zero-order valence-electron chi connectivity index (χ0n) is 15.2. The molecule has 0 spiro atoms. The molecule has 1 aromatic carbocycles. The number of rotatable bonds is 11. The van der Waals surface area contributed by atoms with Crippen molar-refractivity contribution in [3.63, 3.8) is 0 Å².